The molecule has 8 aliphatic rings. The second kappa shape index (κ2) is 13.4. The van der Waals surface area contributed by atoms with Crippen molar-refractivity contribution in [3.63, 3.8) is 0 Å². The number of likely N-dealkylation sites (tertiary alicyclic amines) is 1. The first-order valence-electron chi connectivity index (χ1n) is 23.1. The van der Waals surface area contributed by atoms with E-state index in [2.05, 4.69) is 65.6 Å². The van der Waals surface area contributed by atoms with Gasteiger partial charge in [-0.25, -0.2) is 0 Å². The molecule has 0 radical (unpaired) electrons. The van der Waals surface area contributed by atoms with Gasteiger partial charge < -0.3 is 24.8 Å². The molecule has 9 heteroatoms. The van der Waals surface area contributed by atoms with E-state index in [1.807, 2.05) is 0 Å². The first-order valence-corrected chi connectivity index (χ1v) is 23.1. The van der Waals surface area contributed by atoms with Gasteiger partial charge in [0.2, 0.25) is 11.8 Å². The molecule has 2 saturated heterocycles. The highest BCUT2D eigenvalue weighted by Crippen LogP contribution is 2.78. The van der Waals surface area contributed by atoms with Crippen LogP contribution < -0.4 is 5.32 Å². The highest BCUT2D eigenvalue weighted by molar-refractivity contribution is 5.86. The lowest BCUT2D eigenvalue weighted by Gasteiger charge is -2.73. The van der Waals surface area contributed by atoms with Crippen LogP contribution in [0.15, 0.2) is 0 Å². The number of ether oxygens (including phenoxy) is 2. The number of carboxylic acids is 1. The number of nitrogens with zero attached hydrogens (tertiary/aromatic N) is 1. The summed E-state index contributed by atoms with van der Waals surface area (Å²) in [7, 11) is 0. The molecule has 0 aromatic carbocycles. The van der Waals surface area contributed by atoms with Gasteiger partial charge in [0, 0.05) is 30.5 Å². The smallest absolute Gasteiger partial charge is 0.309 e. The van der Waals surface area contributed by atoms with Crippen molar-refractivity contribution < 1.29 is 33.8 Å². The summed E-state index contributed by atoms with van der Waals surface area (Å²) in [5, 5.41) is 13.3. The van der Waals surface area contributed by atoms with Gasteiger partial charge in [0.1, 0.15) is 6.10 Å². The molecular weight excluding hydrogens is 717 g/mol. The summed E-state index contributed by atoms with van der Waals surface area (Å²) >= 11 is 0. The second-order valence-electron chi connectivity index (χ2n) is 23.8. The second-order valence-corrected chi connectivity index (χ2v) is 23.8. The summed E-state index contributed by atoms with van der Waals surface area (Å²) in [5.41, 5.74) is -1.89. The topological polar surface area (TPSA) is 126 Å². The number of hydrogen-bond acceptors (Lipinski definition) is 6. The van der Waals surface area contributed by atoms with Gasteiger partial charge in [-0.15, -0.1) is 0 Å². The molecule has 8 fully saturated rings. The molecule has 0 bridgehead atoms. The number of rotatable bonds is 8. The number of amides is 2. The zero-order valence-electron chi connectivity index (χ0n) is 37.2. The molecular formula is C48H76N2O7. The third-order valence-corrected chi connectivity index (χ3v) is 20.2. The fourth-order valence-corrected chi connectivity index (χ4v) is 16.0. The molecule has 0 aromatic heterocycles. The minimum absolute atomic E-state index is 0.0174. The summed E-state index contributed by atoms with van der Waals surface area (Å²) in [6.45, 7) is 24.8. The lowest BCUT2D eigenvalue weighted by Crippen LogP contribution is -2.69. The summed E-state index contributed by atoms with van der Waals surface area (Å²) in [6.07, 6.45) is 14.1. The van der Waals surface area contributed by atoms with Gasteiger partial charge in [0.15, 0.2) is 0 Å². The molecule has 6 aliphatic carbocycles. The van der Waals surface area contributed by atoms with Gasteiger partial charge in [-0.05, 0) is 162 Å². The Balaban J connectivity index is 1.02. The van der Waals surface area contributed by atoms with E-state index in [-0.39, 0.29) is 69.0 Å². The average molecular weight is 793 g/mol. The van der Waals surface area contributed by atoms with Crippen LogP contribution in [0.3, 0.4) is 0 Å². The fraction of sp³-hybridized carbons (Fsp3) is 0.917. The fourth-order valence-electron chi connectivity index (χ4n) is 16.0. The molecule has 9 nitrogen and oxygen atoms in total. The number of carbonyl (C=O) groups is 4. The number of aliphatic carboxylic acids is 1. The standard InChI is InChI=1S/C48H76N2O7/c1-41(2,40(54)55)27-36(51)57-35-18-19-44(7)32(43(35,5)6)17-20-46(9)33(44)15-14-29-37-30(47(10)28-56-47)16-21-48(37,23-22-45(29,46)8)39(53)49-34-26-31(42(34,3)4)38(52)50-24-12-11-13-25-50/h29-35,37H,11-28H2,1-10H3,(H,49,53)(H,54,55)/t29-,30-,31-,32+,33-,34-,35+,37+,44+,45-,46-,47+,48+/m1/s1. The number of carboxylic acid groups (broad SMARTS) is 1. The largest absolute Gasteiger partial charge is 0.481 e. The van der Waals surface area contributed by atoms with E-state index in [4.69, 9.17) is 9.47 Å². The van der Waals surface area contributed by atoms with Gasteiger partial charge >= 0.3 is 11.9 Å². The summed E-state index contributed by atoms with van der Waals surface area (Å²) in [4.78, 5) is 55.8. The number of esters is 1. The number of hydrogen-bond donors (Lipinski definition) is 2. The predicted octanol–water partition coefficient (Wildman–Crippen LogP) is 8.81. The summed E-state index contributed by atoms with van der Waals surface area (Å²) in [5.74, 6) is 1.16. The lowest BCUT2D eigenvalue weighted by molar-refractivity contribution is -0.251. The molecule has 13 atom stereocenters. The van der Waals surface area contributed by atoms with Crippen LogP contribution in [0, 0.1) is 73.4 Å². The van der Waals surface area contributed by atoms with E-state index in [9.17, 15) is 19.5 Å². The van der Waals surface area contributed by atoms with Crippen LogP contribution in [-0.2, 0) is 28.7 Å². The summed E-state index contributed by atoms with van der Waals surface area (Å²) < 4.78 is 12.5. The van der Waals surface area contributed by atoms with Gasteiger partial charge in [-0.1, -0.05) is 48.5 Å². The van der Waals surface area contributed by atoms with E-state index in [0.29, 0.717) is 29.6 Å². The van der Waals surface area contributed by atoms with Crippen LogP contribution in [0.2, 0.25) is 0 Å². The molecule has 2 aliphatic heterocycles. The minimum atomic E-state index is -1.16. The van der Waals surface area contributed by atoms with Crippen LogP contribution in [0.4, 0.5) is 0 Å². The van der Waals surface area contributed by atoms with Crippen LogP contribution in [0.1, 0.15) is 166 Å². The number of epoxide rings is 1. The van der Waals surface area contributed by atoms with Crippen molar-refractivity contribution in [2.24, 2.45) is 73.4 Å². The Bertz CT molecular complexity index is 1660. The lowest BCUT2D eigenvalue weighted by atomic mass is 9.32. The SMILES string of the molecule is CC(C)(CC(=O)O[C@H]1CC[C@]2(C)[C@H]3CC[C@@H]4[C@H]5[C@H]([C@]6(C)CO6)CC[C@]5(C(=O)N[C@@H]5C[C@H](C(=O)N6CCCCC6)C5(C)C)CC[C@@]4(C)[C@]3(C)CC[C@H]2C1(C)C)C(=O)O. The van der Waals surface area contributed by atoms with E-state index in [0.717, 1.165) is 103 Å². The number of nitrogens with one attached hydrogen (secondary N) is 1. The van der Waals surface area contributed by atoms with Crippen LogP contribution in [0.25, 0.3) is 0 Å². The van der Waals surface area contributed by atoms with Crippen LogP contribution in [0.5, 0.6) is 0 Å². The molecule has 0 spiro atoms. The third-order valence-electron chi connectivity index (χ3n) is 20.2. The Morgan fingerprint density at radius 2 is 1.46 bits per heavy atom. The quantitative estimate of drug-likeness (QED) is 0.186. The Morgan fingerprint density at radius 3 is 2.09 bits per heavy atom. The Hall–Kier alpha value is -2.16. The monoisotopic (exact) mass is 793 g/mol. The van der Waals surface area contributed by atoms with Crippen molar-refractivity contribution in [1.82, 2.24) is 10.2 Å². The summed E-state index contributed by atoms with van der Waals surface area (Å²) in [6, 6.07) is 0.0174. The highest BCUT2D eigenvalue weighted by atomic mass is 16.6. The third kappa shape index (κ3) is 6.03. The van der Waals surface area contributed by atoms with Gasteiger partial charge in [0.25, 0.3) is 0 Å². The molecule has 320 valence electrons. The van der Waals surface area contributed by atoms with E-state index in [1.54, 1.807) is 13.8 Å². The van der Waals surface area contributed by atoms with E-state index < -0.39 is 22.8 Å². The Labute approximate surface area is 343 Å². The predicted molar refractivity (Wildman–Crippen MR) is 219 cm³/mol. The van der Waals surface area contributed by atoms with Crippen molar-refractivity contribution >= 4 is 23.8 Å². The van der Waals surface area contributed by atoms with Crippen LogP contribution in [-0.4, -0.2) is 71.2 Å². The van der Waals surface area contributed by atoms with E-state index in [1.165, 1.54) is 6.42 Å². The Morgan fingerprint density at radius 1 is 0.772 bits per heavy atom. The van der Waals surface area contributed by atoms with Crippen LogP contribution >= 0.6 is 0 Å². The maximum absolute atomic E-state index is 15.1. The van der Waals surface area contributed by atoms with Gasteiger partial charge in [0.05, 0.1) is 29.5 Å². The van der Waals surface area contributed by atoms with Crippen molar-refractivity contribution in [2.75, 3.05) is 19.7 Å². The molecule has 2 heterocycles. The van der Waals surface area contributed by atoms with Crippen molar-refractivity contribution in [3.05, 3.63) is 0 Å². The van der Waals surface area contributed by atoms with Crippen molar-refractivity contribution in [2.45, 2.75) is 183 Å². The molecule has 6 saturated carbocycles. The molecule has 8 rings (SSSR count). The molecule has 57 heavy (non-hydrogen) atoms. The Kier molecular flexibility index (Phi) is 9.79. The van der Waals surface area contributed by atoms with E-state index >= 15 is 4.79 Å². The first-order chi connectivity index (χ1) is 26.5. The number of fused-ring (bicyclic) bond motifs is 7. The first kappa shape index (κ1) is 41.6. The normalized spacial score (nSPS) is 46.9. The maximum Gasteiger partial charge on any atom is 0.309 e. The highest BCUT2D eigenvalue weighted by Gasteiger charge is 2.74. The van der Waals surface area contributed by atoms with Gasteiger partial charge in [-0.2, -0.15) is 0 Å². The minimum Gasteiger partial charge on any atom is -0.481 e. The zero-order valence-corrected chi connectivity index (χ0v) is 37.2. The molecule has 0 aromatic rings. The van der Waals surface area contributed by atoms with Gasteiger partial charge in [-0.3, -0.25) is 19.2 Å². The van der Waals surface area contributed by atoms with Crippen molar-refractivity contribution in [1.29, 1.82) is 0 Å². The average Bonchev–Trinajstić information content (AvgIpc) is 3.75. The number of carbonyl (C=O) groups excluding carboxylic acids is 3. The van der Waals surface area contributed by atoms with Crippen molar-refractivity contribution in [3.8, 4) is 0 Å². The molecule has 0 unspecified atom stereocenters. The number of piperidine rings is 1. The molecule has 2 amide bonds. The zero-order chi connectivity index (χ0) is 41.4. The maximum atomic E-state index is 15.1. The molecule has 2 N–H and O–H groups in total.